The second kappa shape index (κ2) is 2.75. The molecule has 2 aliphatic heterocycles. The van der Waals surface area contributed by atoms with Crippen LogP contribution in [-0.2, 0) is 6.42 Å². The molecule has 70 valence electrons. The van der Waals surface area contributed by atoms with E-state index in [1.165, 1.54) is 10.1 Å². The molecule has 14 heavy (non-hydrogen) atoms. The number of fused-ring (bicyclic) bond motifs is 3. The molecule has 0 aliphatic carbocycles. The van der Waals surface area contributed by atoms with E-state index in [4.69, 9.17) is 5.73 Å². The summed E-state index contributed by atoms with van der Waals surface area (Å²) < 4.78 is 2.17. The molecule has 5 heteroatoms. The highest BCUT2D eigenvalue weighted by atomic mass is 32.1. The maximum atomic E-state index is 5.85. The van der Waals surface area contributed by atoms with Crippen LogP contribution in [0.4, 0.5) is 0 Å². The van der Waals surface area contributed by atoms with E-state index in [0.29, 0.717) is 12.5 Å². The summed E-state index contributed by atoms with van der Waals surface area (Å²) in [4.78, 5) is 12.6. The van der Waals surface area contributed by atoms with Crippen molar-refractivity contribution in [3.8, 4) is 0 Å². The topological polar surface area (TPSA) is 63.1 Å². The second-order valence-corrected chi connectivity index (χ2v) is 4.16. The zero-order valence-corrected chi connectivity index (χ0v) is 8.21. The molecule has 1 aromatic heterocycles. The minimum atomic E-state index is 0.457. The Kier molecular flexibility index (Phi) is 1.55. The first-order valence-electron chi connectivity index (χ1n) is 4.34. The molecule has 0 radical (unpaired) electrons. The van der Waals surface area contributed by atoms with Crippen molar-refractivity contribution in [1.82, 2.24) is 0 Å². The smallest absolute Gasteiger partial charge is 0.133 e. The molecule has 3 heterocycles. The Hall–Kier alpha value is -1.49. The van der Waals surface area contributed by atoms with Gasteiger partial charge in [0.15, 0.2) is 0 Å². The zero-order chi connectivity index (χ0) is 9.54. The quantitative estimate of drug-likeness (QED) is 0.603. The average Bonchev–Trinajstić information content (AvgIpc) is 2.57. The predicted octanol–water partition coefficient (Wildman–Crippen LogP) is -0.591. The number of rotatable bonds is 0. The Morgan fingerprint density at radius 1 is 1.36 bits per heavy atom. The standard InChI is InChI=1S/C9H8N4S/c10-8-7-5-1-2-11-3-6(5)14-9(7)13-4-12-8/h2-3H,1,4H2,(H2,10,12). The summed E-state index contributed by atoms with van der Waals surface area (Å²) in [5.41, 5.74) is 8.11. The van der Waals surface area contributed by atoms with Gasteiger partial charge in [0.05, 0.1) is 10.1 Å². The fourth-order valence-corrected chi connectivity index (χ4v) is 2.75. The summed E-state index contributed by atoms with van der Waals surface area (Å²) >= 11 is 1.64. The summed E-state index contributed by atoms with van der Waals surface area (Å²) in [6.45, 7) is 0.457. The lowest BCUT2D eigenvalue weighted by atomic mass is 10.1. The van der Waals surface area contributed by atoms with Gasteiger partial charge in [0.25, 0.3) is 0 Å². The van der Waals surface area contributed by atoms with Gasteiger partial charge in [-0.3, -0.25) is 9.98 Å². The predicted molar refractivity (Wildman–Crippen MR) is 57.4 cm³/mol. The van der Waals surface area contributed by atoms with Gasteiger partial charge < -0.3 is 5.73 Å². The van der Waals surface area contributed by atoms with Gasteiger partial charge in [-0.1, -0.05) is 0 Å². The molecule has 0 spiro atoms. The Labute approximate surface area is 84.2 Å². The molecule has 0 saturated heterocycles. The molecule has 3 rings (SSSR count). The first-order valence-corrected chi connectivity index (χ1v) is 5.16. The third-order valence-electron chi connectivity index (χ3n) is 2.32. The first-order chi connectivity index (χ1) is 6.86. The molecule has 0 atom stereocenters. The van der Waals surface area contributed by atoms with Crippen molar-refractivity contribution in [2.45, 2.75) is 6.42 Å². The normalized spacial score (nSPS) is 17.6. The van der Waals surface area contributed by atoms with Crippen LogP contribution in [-0.4, -0.2) is 18.7 Å². The first kappa shape index (κ1) is 7.87. The van der Waals surface area contributed by atoms with E-state index in [1.807, 2.05) is 12.4 Å². The molecule has 0 fully saturated rings. The lowest BCUT2D eigenvalue weighted by Gasteiger charge is -2.05. The molecule has 0 aromatic carbocycles. The van der Waals surface area contributed by atoms with E-state index >= 15 is 0 Å². The van der Waals surface area contributed by atoms with Crippen molar-refractivity contribution in [1.29, 1.82) is 0 Å². The number of hydrogen-bond acceptors (Lipinski definition) is 5. The highest BCUT2D eigenvalue weighted by Gasteiger charge is 2.16. The molecular weight excluding hydrogens is 196 g/mol. The van der Waals surface area contributed by atoms with Crippen LogP contribution in [0.1, 0.15) is 11.1 Å². The molecule has 0 bridgehead atoms. The van der Waals surface area contributed by atoms with Crippen LogP contribution in [0.25, 0.3) is 6.20 Å². The largest absolute Gasteiger partial charge is 0.383 e. The van der Waals surface area contributed by atoms with E-state index < -0.39 is 0 Å². The van der Waals surface area contributed by atoms with Crippen molar-refractivity contribution < 1.29 is 0 Å². The lowest BCUT2D eigenvalue weighted by molar-refractivity contribution is 0.997. The van der Waals surface area contributed by atoms with Crippen LogP contribution in [0, 0.1) is 0 Å². The van der Waals surface area contributed by atoms with Gasteiger partial charge in [-0.05, 0) is 5.56 Å². The van der Waals surface area contributed by atoms with Crippen molar-refractivity contribution in [2.24, 2.45) is 20.7 Å². The fourth-order valence-electron chi connectivity index (χ4n) is 1.67. The van der Waals surface area contributed by atoms with E-state index in [9.17, 15) is 0 Å². The summed E-state index contributed by atoms with van der Waals surface area (Å²) in [6, 6.07) is 0. The van der Waals surface area contributed by atoms with Crippen LogP contribution >= 0.6 is 11.3 Å². The van der Waals surface area contributed by atoms with Gasteiger partial charge in [0.1, 0.15) is 17.2 Å². The Balaban J connectivity index is 2.42. The SMILES string of the molecule is NC1=NCN=c2sc3c(c21)CC=NC=3. The van der Waals surface area contributed by atoms with E-state index in [1.54, 1.807) is 11.3 Å². The molecular formula is C9H8N4S. The fraction of sp³-hybridized carbons (Fsp3) is 0.222. The van der Waals surface area contributed by atoms with E-state index in [2.05, 4.69) is 15.0 Å². The number of nitrogens with two attached hydrogens (primary N) is 1. The number of nitrogens with zero attached hydrogens (tertiary/aromatic N) is 3. The van der Waals surface area contributed by atoms with Crippen molar-refractivity contribution >= 4 is 29.6 Å². The van der Waals surface area contributed by atoms with E-state index in [0.717, 1.165) is 16.7 Å². The molecule has 2 aliphatic rings. The maximum Gasteiger partial charge on any atom is 0.133 e. The van der Waals surface area contributed by atoms with Crippen LogP contribution in [0.3, 0.4) is 0 Å². The van der Waals surface area contributed by atoms with Gasteiger partial charge in [0, 0.05) is 18.8 Å². The summed E-state index contributed by atoms with van der Waals surface area (Å²) in [7, 11) is 0. The van der Waals surface area contributed by atoms with Crippen LogP contribution in [0.5, 0.6) is 0 Å². The second-order valence-electron chi connectivity index (χ2n) is 3.13. The lowest BCUT2D eigenvalue weighted by Crippen LogP contribution is -2.26. The Bertz CT molecular complexity index is 564. The van der Waals surface area contributed by atoms with Crippen LogP contribution in [0.2, 0.25) is 0 Å². The molecule has 2 N–H and O–H groups in total. The number of hydrogen-bond donors (Lipinski definition) is 1. The van der Waals surface area contributed by atoms with Gasteiger partial charge in [-0.15, -0.1) is 11.3 Å². The van der Waals surface area contributed by atoms with Gasteiger partial charge in [-0.2, -0.15) is 0 Å². The van der Waals surface area contributed by atoms with Gasteiger partial charge in [0.2, 0.25) is 0 Å². The maximum absolute atomic E-state index is 5.85. The summed E-state index contributed by atoms with van der Waals surface area (Å²) in [5.74, 6) is 0.621. The molecule has 4 nitrogen and oxygen atoms in total. The molecule has 0 amide bonds. The third-order valence-corrected chi connectivity index (χ3v) is 3.42. The van der Waals surface area contributed by atoms with Crippen molar-refractivity contribution in [3.05, 3.63) is 20.3 Å². The molecule has 0 unspecified atom stereocenters. The van der Waals surface area contributed by atoms with Crippen LogP contribution < -0.4 is 14.9 Å². The van der Waals surface area contributed by atoms with Gasteiger partial charge in [-0.25, -0.2) is 4.99 Å². The van der Waals surface area contributed by atoms with E-state index in [-0.39, 0.29) is 0 Å². The Morgan fingerprint density at radius 3 is 3.21 bits per heavy atom. The number of aliphatic imine (C=N–C) groups is 2. The average molecular weight is 204 g/mol. The highest BCUT2D eigenvalue weighted by molar-refractivity contribution is 7.07. The Morgan fingerprint density at radius 2 is 2.29 bits per heavy atom. The van der Waals surface area contributed by atoms with Gasteiger partial charge >= 0.3 is 0 Å². The monoisotopic (exact) mass is 204 g/mol. The molecule has 0 saturated carbocycles. The van der Waals surface area contributed by atoms with Crippen molar-refractivity contribution in [3.63, 3.8) is 0 Å². The van der Waals surface area contributed by atoms with Crippen molar-refractivity contribution in [2.75, 3.05) is 6.67 Å². The van der Waals surface area contributed by atoms with Crippen LogP contribution in [0.15, 0.2) is 15.0 Å². The molecule has 1 aromatic rings. The summed E-state index contributed by atoms with van der Waals surface area (Å²) in [5, 5.41) is 0. The third kappa shape index (κ3) is 0.957. The number of thiophene rings is 1. The minimum absolute atomic E-state index is 0.457. The number of amidine groups is 1. The highest BCUT2D eigenvalue weighted by Crippen LogP contribution is 2.08. The zero-order valence-electron chi connectivity index (χ0n) is 7.40. The minimum Gasteiger partial charge on any atom is -0.383 e. The summed E-state index contributed by atoms with van der Waals surface area (Å²) in [6.07, 6.45) is 4.59.